The van der Waals surface area contributed by atoms with Gasteiger partial charge in [0.1, 0.15) is 0 Å². The van der Waals surface area contributed by atoms with Crippen LogP contribution in [0, 0.1) is 5.92 Å². The molecule has 8 nitrogen and oxygen atoms in total. The zero-order chi connectivity index (χ0) is 22.6. The summed E-state index contributed by atoms with van der Waals surface area (Å²) < 4.78 is 29.2. The normalized spacial score (nSPS) is 22.1. The van der Waals surface area contributed by atoms with Gasteiger partial charge in [0.05, 0.1) is 23.7 Å². The van der Waals surface area contributed by atoms with E-state index in [9.17, 15) is 13.2 Å². The molecule has 2 heterocycles. The molecule has 0 unspecified atom stereocenters. The molecule has 32 heavy (non-hydrogen) atoms. The molecule has 2 saturated heterocycles. The maximum Gasteiger partial charge on any atom is 0.253 e. The Morgan fingerprint density at radius 1 is 1.03 bits per heavy atom. The SMILES string of the molecule is NS(=O)(=O)c1ccc(N2CCOCC2)c(C(=O)NC2CCN(CC3CCCCC3)CC2)c1. The average Bonchev–Trinajstić information content (AvgIpc) is 2.80. The quantitative estimate of drug-likeness (QED) is 0.667. The van der Waals surface area contributed by atoms with E-state index in [1.54, 1.807) is 6.07 Å². The van der Waals surface area contributed by atoms with Gasteiger partial charge in [-0.25, -0.2) is 13.6 Å². The van der Waals surface area contributed by atoms with E-state index in [0.29, 0.717) is 31.9 Å². The summed E-state index contributed by atoms with van der Waals surface area (Å²) in [4.78, 5) is 17.8. The van der Waals surface area contributed by atoms with Gasteiger partial charge in [0.25, 0.3) is 5.91 Å². The van der Waals surface area contributed by atoms with Gasteiger partial charge in [-0.2, -0.15) is 0 Å². The van der Waals surface area contributed by atoms with Gasteiger partial charge in [-0.3, -0.25) is 4.79 Å². The lowest BCUT2D eigenvalue weighted by Gasteiger charge is -2.36. The lowest BCUT2D eigenvalue weighted by atomic mass is 9.88. The number of morpholine rings is 1. The maximum absolute atomic E-state index is 13.2. The molecule has 0 radical (unpaired) electrons. The number of nitrogens with zero attached hydrogens (tertiary/aromatic N) is 2. The molecule has 4 rings (SSSR count). The minimum atomic E-state index is -3.89. The molecule has 2 aliphatic heterocycles. The number of benzene rings is 1. The Morgan fingerprint density at radius 3 is 2.38 bits per heavy atom. The van der Waals surface area contributed by atoms with Crippen LogP contribution in [-0.2, 0) is 14.8 Å². The topological polar surface area (TPSA) is 105 Å². The Morgan fingerprint density at radius 2 is 1.72 bits per heavy atom. The molecule has 178 valence electrons. The number of amides is 1. The highest BCUT2D eigenvalue weighted by Crippen LogP contribution is 2.27. The lowest BCUT2D eigenvalue weighted by molar-refractivity contribution is 0.0900. The monoisotopic (exact) mass is 464 g/mol. The second kappa shape index (κ2) is 10.5. The third-order valence-electron chi connectivity index (χ3n) is 7.06. The highest BCUT2D eigenvalue weighted by molar-refractivity contribution is 7.89. The van der Waals surface area contributed by atoms with Crippen LogP contribution in [0.25, 0.3) is 0 Å². The molecule has 1 saturated carbocycles. The Bertz CT molecular complexity index is 887. The van der Waals surface area contributed by atoms with Crippen LogP contribution in [0.4, 0.5) is 5.69 Å². The molecular weight excluding hydrogens is 428 g/mol. The largest absolute Gasteiger partial charge is 0.378 e. The van der Waals surface area contributed by atoms with E-state index < -0.39 is 10.0 Å². The molecular formula is C23H36N4O4S. The highest BCUT2D eigenvalue weighted by Gasteiger charge is 2.26. The predicted octanol–water partition coefficient (Wildman–Crippen LogP) is 1.95. The van der Waals surface area contributed by atoms with Crippen LogP contribution in [0.2, 0.25) is 0 Å². The molecule has 0 spiro atoms. The number of rotatable bonds is 6. The number of piperidine rings is 1. The van der Waals surface area contributed by atoms with Gasteiger partial charge in [-0.1, -0.05) is 19.3 Å². The molecule has 3 aliphatic rings. The third kappa shape index (κ3) is 6.01. The van der Waals surface area contributed by atoms with E-state index in [-0.39, 0.29) is 16.8 Å². The van der Waals surface area contributed by atoms with Crippen molar-refractivity contribution in [1.82, 2.24) is 10.2 Å². The molecule has 1 aromatic carbocycles. The van der Waals surface area contributed by atoms with Crippen molar-refractivity contribution in [2.24, 2.45) is 11.1 Å². The minimum absolute atomic E-state index is 0.0399. The lowest BCUT2D eigenvalue weighted by Crippen LogP contribution is -2.46. The van der Waals surface area contributed by atoms with Crippen LogP contribution in [0.5, 0.6) is 0 Å². The second-order valence-corrected chi connectivity index (χ2v) is 10.9. The van der Waals surface area contributed by atoms with Gasteiger partial charge in [-0.15, -0.1) is 0 Å². The summed E-state index contributed by atoms with van der Waals surface area (Å²) in [6.07, 6.45) is 8.63. The zero-order valence-corrected chi connectivity index (χ0v) is 19.6. The number of carbonyl (C=O) groups excluding carboxylic acids is 1. The fourth-order valence-electron chi connectivity index (χ4n) is 5.21. The van der Waals surface area contributed by atoms with Crippen molar-refractivity contribution in [3.63, 3.8) is 0 Å². The van der Waals surface area contributed by atoms with Crippen molar-refractivity contribution < 1.29 is 17.9 Å². The predicted molar refractivity (Wildman–Crippen MR) is 124 cm³/mol. The number of hydrogen-bond acceptors (Lipinski definition) is 6. The van der Waals surface area contributed by atoms with Crippen molar-refractivity contribution in [2.75, 3.05) is 50.8 Å². The molecule has 9 heteroatoms. The number of nitrogens with one attached hydrogen (secondary N) is 1. The van der Waals surface area contributed by atoms with Crippen LogP contribution in [-0.4, -0.2) is 71.2 Å². The smallest absolute Gasteiger partial charge is 0.253 e. The maximum atomic E-state index is 13.2. The summed E-state index contributed by atoms with van der Waals surface area (Å²) in [6.45, 7) is 5.65. The summed E-state index contributed by atoms with van der Waals surface area (Å²) in [5.74, 6) is 0.592. The van der Waals surface area contributed by atoms with Gasteiger partial charge < -0.3 is 19.9 Å². The van der Waals surface area contributed by atoms with E-state index in [2.05, 4.69) is 15.1 Å². The first-order chi connectivity index (χ1) is 15.4. The first kappa shape index (κ1) is 23.5. The van der Waals surface area contributed by atoms with Crippen LogP contribution in [0.1, 0.15) is 55.3 Å². The third-order valence-corrected chi connectivity index (χ3v) is 7.97. The standard InChI is InChI=1S/C23H36N4O4S/c24-32(29,30)20-6-7-22(27-12-14-31-15-13-27)21(16-20)23(28)25-19-8-10-26(11-9-19)17-18-4-2-1-3-5-18/h6-7,16,18-19H,1-5,8-15,17H2,(H,25,28)(H2,24,29,30). The van der Waals surface area contributed by atoms with E-state index in [4.69, 9.17) is 9.88 Å². The van der Waals surface area contributed by atoms with Crippen LogP contribution in [0.15, 0.2) is 23.1 Å². The zero-order valence-electron chi connectivity index (χ0n) is 18.8. The molecule has 1 aromatic rings. The van der Waals surface area contributed by atoms with Crippen LogP contribution in [0.3, 0.4) is 0 Å². The Labute approximate surface area is 191 Å². The average molecular weight is 465 g/mol. The number of likely N-dealkylation sites (tertiary alicyclic amines) is 1. The minimum Gasteiger partial charge on any atom is -0.378 e. The molecule has 0 aromatic heterocycles. The van der Waals surface area contributed by atoms with Crippen molar-refractivity contribution in [3.8, 4) is 0 Å². The fourth-order valence-corrected chi connectivity index (χ4v) is 5.75. The number of anilines is 1. The molecule has 0 atom stereocenters. The molecule has 0 bridgehead atoms. The number of carbonyl (C=O) groups is 1. The molecule has 1 aliphatic carbocycles. The molecule has 1 amide bonds. The number of nitrogens with two attached hydrogens (primary N) is 1. The van der Waals surface area contributed by atoms with Gasteiger partial charge >= 0.3 is 0 Å². The van der Waals surface area contributed by atoms with Crippen LogP contribution >= 0.6 is 0 Å². The van der Waals surface area contributed by atoms with E-state index >= 15 is 0 Å². The Balaban J connectivity index is 1.40. The van der Waals surface area contributed by atoms with E-state index in [1.165, 1.54) is 50.8 Å². The Hall–Kier alpha value is -1.68. The van der Waals surface area contributed by atoms with Crippen molar-refractivity contribution in [1.29, 1.82) is 0 Å². The summed E-state index contributed by atoms with van der Waals surface area (Å²) in [6, 6.07) is 4.67. The van der Waals surface area contributed by atoms with Crippen molar-refractivity contribution in [3.05, 3.63) is 23.8 Å². The number of sulfonamides is 1. The van der Waals surface area contributed by atoms with Crippen LogP contribution < -0.4 is 15.4 Å². The van der Waals surface area contributed by atoms with E-state index in [1.807, 2.05) is 0 Å². The summed E-state index contributed by atoms with van der Waals surface area (Å²) >= 11 is 0. The van der Waals surface area contributed by atoms with Gasteiger partial charge in [0.15, 0.2) is 0 Å². The Kier molecular flexibility index (Phi) is 7.70. The van der Waals surface area contributed by atoms with Gasteiger partial charge in [0, 0.05) is 44.5 Å². The summed E-state index contributed by atoms with van der Waals surface area (Å²) in [5, 5.41) is 8.49. The first-order valence-electron chi connectivity index (χ1n) is 11.9. The van der Waals surface area contributed by atoms with Crippen molar-refractivity contribution >= 4 is 21.6 Å². The van der Waals surface area contributed by atoms with Gasteiger partial charge in [-0.05, 0) is 49.8 Å². The second-order valence-electron chi connectivity index (χ2n) is 9.38. The number of hydrogen-bond donors (Lipinski definition) is 2. The highest BCUT2D eigenvalue weighted by atomic mass is 32.2. The number of ether oxygens (including phenoxy) is 1. The molecule has 3 N–H and O–H groups in total. The first-order valence-corrected chi connectivity index (χ1v) is 13.5. The number of primary sulfonamides is 1. The van der Waals surface area contributed by atoms with Crippen molar-refractivity contribution in [2.45, 2.75) is 55.9 Å². The summed E-state index contributed by atoms with van der Waals surface area (Å²) in [5.41, 5.74) is 1.09. The fraction of sp³-hybridized carbons (Fsp3) is 0.696. The molecule has 3 fully saturated rings. The summed E-state index contributed by atoms with van der Waals surface area (Å²) in [7, 11) is -3.89. The van der Waals surface area contributed by atoms with Gasteiger partial charge in [0.2, 0.25) is 10.0 Å². The van der Waals surface area contributed by atoms with E-state index in [0.717, 1.165) is 37.5 Å².